The van der Waals surface area contributed by atoms with Gasteiger partial charge in [-0.05, 0) is 12.1 Å². The summed E-state index contributed by atoms with van der Waals surface area (Å²) in [6, 6.07) is 5.42. The maximum atomic E-state index is 13.0. The third kappa shape index (κ3) is 2.34. The van der Waals surface area contributed by atoms with Gasteiger partial charge in [0.05, 0.1) is 4.92 Å². The first-order valence-corrected chi connectivity index (χ1v) is 4.77. The minimum atomic E-state index is -0.710. The number of aldehydes is 1. The van der Waals surface area contributed by atoms with Gasteiger partial charge >= 0.3 is 5.69 Å². The fourth-order valence-electron chi connectivity index (χ4n) is 1.28. The maximum absolute atomic E-state index is 13.0. The van der Waals surface area contributed by atoms with Gasteiger partial charge in [0, 0.05) is 18.2 Å². The summed E-state index contributed by atoms with van der Waals surface area (Å²) in [5.41, 5.74) is -0.402. The number of furan rings is 1. The molecule has 0 fully saturated rings. The van der Waals surface area contributed by atoms with E-state index in [0.717, 1.165) is 18.2 Å². The van der Waals surface area contributed by atoms with Crippen LogP contribution in [0.5, 0.6) is 11.7 Å². The third-order valence-corrected chi connectivity index (χ3v) is 2.05. The molecule has 2 aromatic rings. The average molecular weight is 251 g/mol. The molecule has 1 heterocycles. The van der Waals surface area contributed by atoms with Crippen molar-refractivity contribution in [2.75, 3.05) is 0 Å². The minimum absolute atomic E-state index is 0.00376. The van der Waals surface area contributed by atoms with E-state index in [2.05, 4.69) is 0 Å². The molecule has 0 amide bonds. The Morgan fingerprint density at radius 2 is 2.11 bits per heavy atom. The Kier molecular flexibility index (Phi) is 3.05. The molecule has 0 saturated carbocycles. The second-order valence-corrected chi connectivity index (χ2v) is 3.25. The number of carbonyl (C=O) groups is 1. The van der Waals surface area contributed by atoms with E-state index in [4.69, 9.17) is 9.15 Å². The van der Waals surface area contributed by atoms with Crippen LogP contribution in [0.3, 0.4) is 0 Å². The molecule has 7 heteroatoms. The van der Waals surface area contributed by atoms with E-state index in [9.17, 15) is 19.3 Å². The number of nitrogens with zero attached hydrogens (tertiary/aromatic N) is 1. The number of halogens is 1. The van der Waals surface area contributed by atoms with Crippen LogP contribution in [0.15, 0.2) is 34.7 Å². The van der Waals surface area contributed by atoms with Crippen molar-refractivity contribution in [2.24, 2.45) is 0 Å². The van der Waals surface area contributed by atoms with E-state index in [1.807, 2.05) is 0 Å². The molecule has 0 radical (unpaired) electrons. The van der Waals surface area contributed by atoms with Crippen molar-refractivity contribution in [2.45, 2.75) is 0 Å². The highest BCUT2D eigenvalue weighted by Crippen LogP contribution is 2.32. The maximum Gasteiger partial charge on any atom is 0.311 e. The van der Waals surface area contributed by atoms with E-state index in [-0.39, 0.29) is 17.5 Å². The summed E-state index contributed by atoms with van der Waals surface area (Å²) in [6.45, 7) is 0. The highest BCUT2D eigenvalue weighted by atomic mass is 19.1. The fraction of sp³-hybridized carbons (Fsp3) is 0. The predicted octanol–water partition coefficient (Wildman–Crippen LogP) is 2.93. The summed E-state index contributed by atoms with van der Waals surface area (Å²) in [6.07, 6.45) is 0.451. The van der Waals surface area contributed by atoms with Crippen LogP contribution in [0.25, 0.3) is 0 Å². The Morgan fingerprint density at radius 1 is 1.33 bits per heavy atom. The van der Waals surface area contributed by atoms with Gasteiger partial charge < -0.3 is 9.15 Å². The molecule has 0 bridgehead atoms. The van der Waals surface area contributed by atoms with Crippen LogP contribution in [-0.2, 0) is 0 Å². The normalized spacial score (nSPS) is 10.1. The number of rotatable bonds is 4. The van der Waals surface area contributed by atoms with Crippen LogP contribution >= 0.6 is 0 Å². The Hall–Kier alpha value is -2.70. The van der Waals surface area contributed by atoms with E-state index in [0.29, 0.717) is 6.29 Å². The average Bonchev–Trinajstić information content (AvgIpc) is 2.76. The van der Waals surface area contributed by atoms with Crippen LogP contribution in [0.1, 0.15) is 10.6 Å². The molecule has 0 aliphatic carbocycles. The van der Waals surface area contributed by atoms with Crippen molar-refractivity contribution in [1.82, 2.24) is 0 Å². The van der Waals surface area contributed by atoms with Gasteiger partial charge in [-0.15, -0.1) is 0 Å². The number of nitro groups is 1. The zero-order valence-corrected chi connectivity index (χ0v) is 8.83. The standard InChI is InChI=1S/C11H6FNO5/c12-7-1-3-9(13(15)16)10(5-7)18-11-4-2-8(6-14)17-11/h1-6H. The second-order valence-electron chi connectivity index (χ2n) is 3.25. The molecular weight excluding hydrogens is 245 g/mol. The molecule has 18 heavy (non-hydrogen) atoms. The summed E-state index contributed by atoms with van der Waals surface area (Å²) >= 11 is 0. The van der Waals surface area contributed by atoms with Gasteiger partial charge in [0.1, 0.15) is 5.82 Å². The molecule has 0 aliphatic rings. The Balaban J connectivity index is 2.35. The molecule has 1 aromatic heterocycles. The molecule has 1 aromatic carbocycles. The minimum Gasteiger partial charge on any atom is -0.422 e. The third-order valence-electron chi connectivity index (χ3n) is 2.05. The topological polar surface area (TPSA) is 82.6 Å². The number of nitro benzene ring substituents is 1. The van der Waals surface area contributed by atoms with Crippen molar-refractivity contribution in [1.29, 1.82) is 0 Å². The lowest BCUT2D eigenvalue weighted by molar-refractivity contribution is -0.385. The summed E-state index contributed by atoms with van der Waals surface area (Å²) in [5, 5.41) is 10.7. The van der Waals surface area contributed by atoms with Gasteiger partial charge in [0.2, 0.25) is 5.75 Å². The molecule has 0 N–H and O–H groups in total. The SMILES string of the molecule is O=Cc1ccc(Oc2cc(F)ccc2[N+](=O)[O-])o1. The Morgan fingerprint density at radius 3 is 2.72 bits per heavy atom. The molecular formula is C11H6FNO5. The Labute approximate surface area is 99.7 Å². The molecule has 0 saturated heterocycles. The lowest BCUT2D eigenvalue weighted by Gasteiger charge is -2.02. The van der Waals surface area contributed by atoms with Crippen LogP contribution in [-0.4, -0.2) is 11.2 Å². The number of hydrogen-bond donors (Lipinski definition) is 0. The first-order valence-electron chi connectivity index (χ1n) is 4.77. The van der Waals surface area contributed by atoms with Crippen LogP contribution in [0, 0.1) is 15.9 Å². The molecule has 2 rings (SSSR count). The number of hydrogen-bond acceptors (Lipinski definition) is 5. The van der Waals surface area contributed by atoms with Crippen molar-refractivity contribution in [3.63, 3.8) is 0 Å². The first-order chi connectivity index (χ1) is 8.60. The monoisotopic (exact) mass is 251 g/mol. The molecule has 0 aliphatic heterocycles. The quantitative estimate of drug-likeness (QED) is 0.474. The van der Waals surface area contributed by atoms with Crippen LogP contribution in [0.4, 0.5) is 10.1 Å². The Bertz CT molecular complexity index is 607. The lowest BCUT2D eigenvalue weighted by atomic mass is 10.3. The van der Waals surface area contributed by atoms with Gasteiger partial charge in [-0.2, -0.15) is 0 Å². The summed E-state index contributed by atoms with van der Waals surface area (Å²) in [5.74, 6) is -1.11. The number of ether oxygens (including phenoxy) is 1. The number of benzene rings is 1. The van der Waals surface area contributed by atoms with E-state index in [1.54, 1.807) is 0 Å². The summed E-state index contributed by atoms with van der Waals surface area (Å²) in [4.78, 5) is 20.4. The van der Waals surface area contributed by atoms with E-state index < -0.39 is 16.4 Å². The summed E-state index contributed by atoms with van der Waals surface area (Å²) in [7, 11) is 0. The van der Waals surface area contributed by atoms with Crippen LogP contribution in [0.2, 0.25) is 0 Å². The molecule has 0 unspecified atom stereocenters. The molecule has 6 nitrogen and oxygen atoms in total. The van der Waals surface area contributed by atoms with E-state index >= 15 is 0 Å². The number of carbonyl (C=O) groups excluding carboxylic acids is 1. The van der Waals surface area contributed by atoms with Crippen molar-refractivity contribution in [3.05, 3.63) is 52.0 Å². The molecule has 0 spiro atoms. The highest BCUT2D eigenvalue weighted by Gasteiger charge is 2.17. The van der Waals surface area contributed by atoms with Gasteiger partial charge in [-0.3, -0.25) is 14.9 Å². The smallest absolute Gasteiger partial charge is 0.311 e. The second kappa shape index (κ2) is 4.66. The fourth-order valence-corrected chi connectivity index (χ4v) is 1.28. The largest absolute Gasteiger partial charge is 0.422 e. The van der Waals surface area contributed by atoms with E-state index in [1.165, 1.54) is 12.1 Å². The predicted molar refractivity (Wildman–Crippen MR) is 57.2 cm³/mol. The van der Waals surface area contributed by atoms with Crippen molar-refractivity contribution >= 4 is 12.0 Å². The first kappa shape index (κ1) is 11.8. The summed E-state index contributed by atoms with van der Waals surface area (Å²) < 4.78 is 22.9. The zero-order chi connectivity index (χ0) is 13.1. The van der Waals surface area contributed by atoms with Gasteiger partial charge in [0.25, 0.3) is 5.95 Å². The highest BCUT2D eigenvalue weighted by molar-refractivity contribution is 5.70. The molecule has 92 valence electrons. The molecule has 0 atom stereocenters. The van der Waals surface area contributed by atoms with Gasteiger partial charge in [-0.1, -0.05) is 0 Å². The van der Waals surface area contributed by atoms with Crippen LogP contribution < -0.4 is 4.74 Å². The zero-order valence-electron chi connectivity index (χ0n) is 8.83. The van der Waals surface area contributed by atoms with Gasteiger partial charge in [0.15, 0.2) is 12.0 Å². The van der Waals surface area contributed by atoms with Crippen molar-refractivity contribution < 1.29 is 23.3 Å². The lowest BCUT2D eigenvalue weighted by Crippen LogP contribution is -1.93. The van der Waals surface area contributed by atoms with Crippen molar-refractivity contribution in [3.8, 4) is 11.7 Å². The van der Waals surface area contributed by atoms with Gasteiger partial charge in [-0.25, -0.2) is 4.39 Å².